The van der Waals surface area contributed by atoms with Gasteiger partial charge in [0.1, 0.15) is 5.75 Å². The van der Waals surface area contributed by atoms with E-state index in [1.54, 1.807) is 0 Å². The summed E-state index contributed by atoms with van der Waals surface area (Å²) in [7, 11) is 0. The van der Waals surface area contributed by atoms with Crippen molar-refractivity contribution in [3.05, 3.63) is 29.8 Å². The van der Waals surface area contributed by atoms with Crippen molar-refractivity contribution in [3.63, 3.8) is 0 Å². The first-order chi connectivity index (χ1) is 8.93. The summed E-state index contributed by atoms with van der Waals surface area (Å²) in [6, 6.07) is 8.42. The molecule has 0 atom stereocenters. The molecule has 0 spiro atoms. The molecule has 1 aromatic rings. The maximum Gasteiger partial charge on any atom is 0.119 e. The molecule has 0 unspecified atom stereocenters. The minimum absolute atomic E-state index is 0.201. The Morgan fingerprint density at radius 1 is 1.16 bits per heavy atom. The molecule has 0 aromatic heterocycles. The second-order valence-electron chi connectivity index (χ2n) is 6.27. The molecule has 0 aliphatic carbocycles. The first kappa shape index (κ1) is 16.0. The van der Waals surface area contributed by atoms with E-state index in [0.29, 0.717) is 5.92 Å². The molecule has 0 heterocycles. The smallest absolute Gasteiger partial charge is 0.119 e. The van der Waals surface area contributed by atoms with Gasteiger partial charge in [0.15, 0.2) is 0 Å². The van der Waals surface area contributed by atoms with Crippen LogP contribution >= 0.6 is 0 Å². The predicted octanol–water partition coefficient (Wildman–Crippen LogP) is 4.39. The molecule has 1 rings (SSSR count). The van der Waals surface area contributed by atoms with Gasteiger partial charge in [-0.05, 0) is 50.3 Å². The highest BCUT2D eigenvalue weighted by Crippen LogP contribution is 2.15. The summed E-state index contributed by atoms with van der Waals surface area (Å²) in [5.41, 5.74) is 1.50. The lowest BCUT2D eigenvalue weighted by Crippen LogP contribution is -2.37. The highest BCUT2D eigenvalue weighted by Gasteiger charge is 2.13. The maximum atomic E-state index is 5.72. The molecule has 19 heavy (non-hydrogen) atoms. The Bertz CT molecular complexity index is 354. The number of ether oxygens (including phenoxy) is 1. The molecule has 108 valence electrons. The van der Waals surface area contributed by atoms with Crippen molar-refractivity contribution >= 4 is 0 Å². The van der Waals surface area contributed by atoms with E-state index in [0.717, 1.165) is 31.7 Å². The number of rotatable bonds is 8. The van der Waals surface area contributed by atoms with E-state index in [9.17, 15) is 0 Å². The first-order valence-electron chi connectivity index (χ1n) is 7.39. The van der Waals surface area contributed by atoms with Gasteiger partial charge in [-0.15, -0.1) is 0 Å². The number of nitrogens with one attached hydrogen (secondary N) is 1. The number of hydrogen-bond donors (Lipinski definition) is 1. The SMILES string of the molecule is CCC(C)(C)NCc1ccc(OCCC(C)C)cc1. The van der Waals surface area contributed by atoms with Crippen LogP contribution in [-0.2, 0) is 6.54 Å². The molecule has 2 heteroatoms. The Hall–Kier alpha value is -1.02. The Morgan fingerprint density at radius 3 is 2.32 bits per heavy atom. The normalized spacial score (nSPS) is 11.9. The van der Waals surface area contributed by atoms with E-state index in [4.69, 9.17) is 4.74 Å². The van der Waals surface area contributed by atoms with Gasteiger partial charge >= 0.3 is 0 Å². The molecule has 0 saturated carbocycles. The average Bonchev–Trinajstić information content (AvgIpc) is 2.37. The van der Waals surface area contributed by atoms with Crippen molar-refractivity contribution in [1.82, 2.24) is 5.32 Å². The number of benzene rings is 1. The summed E-state index contributed by atoms with van der Waals surface area (Å²) in [6.45, 7) is 12.8. The second-order valence-corrected chi connectivity index (χ2v) is 6.27. The van der Waals surface area contributed by atoms with Crippen molar-refractivity contribution in [1.29, 1.82) is 0 Å². The third-order valence-corrected chi connectivity index (χ3v) is 3.54. The van der Waals surface area contributed by atoms with Gasteiger partial charge in [-0.2, -0.15) is 0 Å². The fraction of sp³-hybridized carbons (Fsp3) is 0.647. The van der Waals surface area contributed by atoms with Gasteiger partial charge < -0.3 is 10.1 Å². The summed E-state index contributed by atoms with van der Waals surface area (Å²) in [4.78, 5) is 0. The lowest BCUT2D eigenvalue weighted by molar-refractivity contribution is 0.289. The molecule has 0 aliphatic heterocycles. The van der Waals surface area contributed by atoms with E-state index in [-0.39, 0.29) is 5.54 Å². The Balaban J connectivity index is 2.39. The van der Waals surface area contributed by atoms with Gasteiger partial charge in [0, 0.05) is 12.1 Å². The largest absolute Gasteiger partial charge is 0.494 e. The van der Waals surface area contributed by atoms with E-state index in [2.05, 4.69) is 64.2 Å². The molecule has 0 saturated heterocycles. The Labute approximate surface area is 118 Å². The highest BCUT2D eigenvalue weighted by atomic mass is 16.5. The third kappa shape index (κ3) is 6.63. The Morgan fingerprint density at radius 2 is 1.79 bits per heavy atom. The summed E-state index contributed by atoms with van der Waals surface area (Å²) in [6.07, 6.45) is 2.23. The lowest BCUT2D eigenvalue weighted by Gasteiger charge is -2.24. The third-order valence-electron chi connectivity index (χ3n) is 3.54. The number of hydrogen-bond acceptors (Lipinski definition) is 2. The molecule has 0 bridgehead atoms. The predicted molar refractivity (Wildman–Crippen MR) is 82.6 cm³/mol. The molecule has 0 aliphatic rings. The zero-order valence-electron chi connectivity index (χ0n) is 13.1. The summed E-state index contributed by atoms with van der Waals surface area (Å²) < 4.78 is 5.72. The second kappa shape index (κ2) is 7.54. The van der Waals surface area contributed by atoms with Gasteiger partial charge in [-0.3, -0.25) is 0 Å². The minimum atomic E-state index is 0.201. The minimum Gasteiger partial charge on any atom is -0.494 e. The van der Waals surface area contributed by atoms with Crippen molar-refractivity contribution in [2.75, 3.05) is 6.61 Å². The average molecular weight is 263 g/mol. The van der Waals surface area contributed by atoms with E-state index >= 15 is 0 Å². The van der Waals surface area contributed by atoms with Crippen molar-refractivity contribution < 1.29 is 4.74 Å². The molecule has 2 nitrogen and oxygen atoms in total. The van der Waals surface area contributed by atoms with Gasteiger partial charge in [0.05, 0.1) is 6.61 Å². The fourth-order valence-corrected chi connectivity index (χ4v) is 1.58. The molecular weight excluding hydrogens is 234 g/mol. The fourth-order valence-electron chi connectivity index (χ4n) is 1.58. The molecule has 0 radical (unpaired) electrons. The van der Waals surface area contributed by atoms with Crippen molar-refractivity contribution in [2.24, 2.45) is 5.92 Å². The Kier molecular flexibility index (Phi) is 6.36. The zero-order chi connectivity index (χ0) is 14.3. The van der Waals surface area contributed by atoms with E-state index < -0.39 is 0 Å². The molecular formula is C17H29NO. The van der Waals surface area contributed by atoms with Crippen LogP contribution in [0.25, 0.3) is 0 Å². The van der Waals surface area contributed by atoms with Crippen molar-refractivity contribution in [2.45, 2.75) is 59.5 Å². The molecule has 1 aromatic carbocycles. The van der Waals surface area contributed by atoms with Gasteiger partial charge in [0.25, 0.3) is 0 Å². The highest BCUT2D eigenvalue weighted by molar-refractivity contribution is 5.27. The van der Waals surface area contributed by atoms with E-state index in [1.165, 1.54) is 5.56 Å². The van der Waals surface area contributed by atoms with Crippen LogP contribution in [0.4, 0.5) is 0 Å². The van der Waals surface area contributed by atoms with Crippen LogP contribution in [0.2, 0.25) is 0 Å². The lowest BCUT2D eigenvalue weighted by atomic mass is 10.0. The molecule has 0 fully saturated rings. The quantitative estimate of drug-likeness (QED) is 0.751. The van der Waals surface area contributed by atoms with Gasteiger partial charge in [-0.1, -0.05) is 32.9 Å². The van der Waals surface area contributed by atoms with Crippen LogP contribution in [0.15, 0.2) is 24.3 Å². The molecule has 0 amide bonds. The summed E-state index contributed by atoms with van der Waals surface area (Å²) in [5.74, 6) is 1.67. The van der Waals surface area contributed by atoms with Gasteiger partial charge in [-0.25, -0.2) is 0 Å². The topological polar surface area (TPSA) is 21.3 Å². The van der Waals surface area contributed by atoms with Crippen LogP contribution in [0.5, 0.6) is 5.75 Å². The summed E-state index contributed by atoms with van der Waals surface area (Å²) >= 11 is 0. The van der Waals surface area contributed by atoms with E-state index in [1.807, 2.05) is 0 Å². The maximum absolute atomic E-state index is 5.72. The van der Waals surface area contributed by atoms with Gasteiger partial charge in [0.2, 0.25) is 0 Å². The van der Waals surface area contributed by atoms with Crippen LogP contribution in [0.1, 0.15) is 53.0 Å². The monoisotopic (exact) mass is 263 g/mol. The summed E-state index contributed by atoms with van der Waals surface area (Å²) in [5, 5.41) is 3.56. The van der Waals surface area contributed by atoms with Crippen LogP contribution in [0, 0.1) is 5.92 Å². The molecule has 1 N–H and O–H groups in total. The van der Waals surface area contributed by atoms with Crippen LogP contribution in [0.3, 0.4) is 0 Å². The van der Waals surface area contributed by atoms with Crippen molar-refractivity contribution in [3.8, 4) is 5.75 Å². The standard InChI is InChI=1S/C17H29NO/c1-6-17(4,5)18-13-15-7-9-16(10-8-15)19-12-11-14(2)3/h7-10,14,18H,6,11-13H2,1-5H3. The zero-order valence-corrected chi connectivity index (χ0v) is 13.1. The van der Waals surface area contributed by atoms with Crippen LogP contribution in [-0.4, -0.2) is 12.1 Å². The first-order valence-corrected chi connectivity index (χ1v) is 7.39. The van der Waals surface area contributed by atoms with Crippen LogP contribution < -0.4 is 10.1 Å².